The molecule has 0 aliphatic rings. The maximum Gasteiger partial charge on any atom is 0.418 e. The highest BCUT2D eigenvalue weighted by Crippen LogP contribution is 2.27. The van der Waals surface area contributed by atoms with Crippen LogP contribution in [0, 0.1) is 0 Å². The molecule has 17 heavy (non-hydrogen) atoms. The van der Waals surface area contributed by atoms with Crippen LogP contribution in [0.3, 0.4) is 0 Å². The van der Waals surface area contributed by atoms with Crippen molar-refractivity contribution in [3.63, 3.8) is 0 Å². The fourth-order valence-corrected chi connectivity index (χ4v) is 1.02. The molecule has 2 rings (SSSR count). The van der Waals surface area contributed by atoms with E-state index < -0.39 is 11.7 Å². The lowest BCUT2D eigenvalue weighted by molar-refractivity contribution is -0.137. The Labute approximate surface area is 101 Å². The molecule has 0 N–H and O–H groups in total. The first-order valence-corrected chi connectivity index (χ1v) is 4.92. The van der Waals surface area contributed by atoms with Gasteiger partial charge in [-0.25, -0.2) is 0 Å². The number of benzene rings is 1. The lowest BCUT2D eigenvalue weighted by Crippen LogP contribution is -2.05. The van der Waals surface area contributed by atoms with Gasteiger partial charge in [0.2, 0.25) is 0 Å². The molecule has 2 aromatic rings. The third-order valence-electron chi connectivity index (χ3n) is 1.64. The van der Waals surface area contributed by atoms with Crippen LogP contribution in [0.25, 0.3) is 0 Å². The molecule has 0 atom stereocenters. The molecule has 0 bridgehead atoms. The summed E-state index contributed by atoms with van der Waals surface area (Å²) in [5.41, 5.74) is -0.775. The molecule has 1 aromatic carbocycles. The summed E-state index contributed by atoms with van der Waals surface area (Å²) in [5, 5.41) is 7.08. The van der Waals surface area contributed by atoms with Gasteiger partial charge in [-0.1, -0.05) is 29.8 Å². The summed E-state index contributed by atoms with van der Waals surface area (Å²) in [4.78, 5) is 0. The fraction of sp³-hybridized carbons (Fsp3) is 0.0909. The molecular weight excluding hydrogens is 253 g/mol. The predicted molar refractivity (Wildman–Crippen MR) is 58.5 cm³/mol. The first-order chi connectivity index (χ1) is 8.00. The number of halogens is 4. The summed E-state index contributed by atoms with van der Waals surface area (Å²) in [6.07, 6.45) is -2.63. The average molecular weight is 261 g/mol. The number of aromatic nitrogens is 2. The molecule has 0 radical (unpaired) electrons. The molecule has 1 aromatic heterocycles. The van der Waals surface area contributed by atoms with E-state index in [-0.39, 0.29) is 0 Å². The van der Waals surface area contributed by atoms with E-state index in [1.807, 2.05) is 30.3 Å². The van der Waals surface area contributed by atoms with Crippen molar-refractivity contribution in [2.75, 3.05) is 0 Å². The maximum atomic E-state index is 11.7. The zero-order valence-corrected chi connectivity index (χ0v) is 9.28. The Hall–Kier alpha value is -1.62. The fourth-order valence-electron chi connectivity index (χ4n) is 0.873. The standard InChI is InChI=1S/C6H5Cl.C5H3F3N2/c7-6-4-2-1-3-5-6;6-5(7,8)4-1-2-9-10-3-4/h1-5H;1-3H. The van der Waals surface area contributed by atoms with Crippen LogP contribution in [0.15, 0.2) is 48.8 Å². The van der Waals surface area contributed by atoms with Gasteiger partial charge in [-0.3, -0.25) is 0 Å². The van der Waals surface area contributed by atoms with Crippen molar-refractivity contribution in [1.82, 2.24) is 10.2 Å². The zero-order chi connectivity index (χ0) is 12.7. The molecule has 0 aliphatic carbocycles. The number of alkyl halides is 3. The highest BCUT2D eigenvalue weighted by Gasteiger charge is 2.30. The topological polar surface area (TPSA) is 25.8 Å². The van der Waals surface area contributed by atoms with Crippen molar-refractivity contribution in [2.45, 2.75) is 6.18 Å². The molecule has 0 fully saturated rings. The Kier molecular flexibility index (Phi) is 4.90. The summed E-state index contributed by atoms with van der Waals surface area (Å²) >= 11 is 5.54. The van der Waals surface area contributed by atoms with Gasteiger partial charge >= 0.3 is 6.18 Å². The summed E-state index contributed by atoms with van der Waals surface area (Å²) in [6, 6.07) is 10.3. The second-order valence-electron chi connectivity index (χ2n) is 2.92. The molecule has 2 nitrogen and oxygen atoms in total. The molecule has 1 heterocycles. The molecule has 0 saturated heterocycles. The van der Waals surface area contributed by atoms with E-state index in [1.165, 1.54) is 0 Å². The zero-order valence-electron chi connectivity index (χ0n) is 8.53. The van der Waals surface area contributed by atoms with Crippen molar-refractivity contribution in [1.29, 1.82) is 0 Å². The molecule has 6 heteroatoms. The summed E-state index contributed by atoms with van der Waals surface area (Å²) in [6.45, 7) is 0. The van der Waals surface area contributed by atoms with Crippen molar-refractivity contribution in [2.24, 2.45) is 0 Å². The minimum absolute atomic E-state index is 0.681. The van der Waals surface area contributed by atoms with Crippen LogP contribution >= 0.6 is 11.6 Å². The first-order valence-electron chi connectivity index (χ1n) is 4.54. The molecule has 0 aliphatic heterocycles. The Balaban J connectivity index is 0.000000181. The van der Waals surface area contributed by atoms with E-state index in [0.29, 0.717) is 6.20 Å². The largest absolute Gasteiger partial charge is 0.418 e. The van der Waals surface area contributed by atoms with Crippen LogP contribution < -0.4 is 0 Å². The normalized spacial score (nSPS) is 10.4. The maximum absolute atomic E-state index is 11.7. The van der Waals surface area contributed by atoms with Gasteiger partial charge in [-0.05, 0) is 18.2 Å². The monoisotopic (exact) mass is 260 g/mol. The van der Waals surface area contributed by atoms with E-state index >= 15 is 0 Å². The van der Waals surface area contributed by atoms with E-state index in [0.717, 1.165) is 17.3 Å². The smallest absolute Gasteiger partial charge is 0.166 e. The van der Waals surface area contributed by atoms with Gasteiger partial charge in [0.05, 0.1) is 18.0 Å². The van der Waals surface area contributed by atoms with Crippen LogP contribution in [0.4, 0.5) is 13.2 Å². The second kappa shape index (κ2) is 6.20. The Morgan fingerprint density at radius 1 is 0.941 bits per heavy atom. The van der Waals surface area contributed by atoms with Crippen LogP contribution in [0.2, 0.25) is 5.02 Å². The summed E-state index contributed by atoms with van der Waals surface area (Å²) in [7, 11) is 0. The molecule has 90 valence electrons. The van der Waals surface area contributed by atoms with Gasteiger partial charge < -0.3 is 0 Å². The average Bonchev–Trinajstić information content (AvgIpc) is 2.31. The molecule has 0 amide bonds. The van der Waals surface area contributed by atoms with Gasteiger partial charge in [-0.15, -0.1) is 0 Å². The molecular formula is C11H8ClF3N2. The second-order valence-corrected chi connectivity index (χ2v) is 3.36. The number of hydrogen-bond donors (Lipinski definition) is 0. The van der Waals surface area contributed by atoms with Gasteiger partial charge in [0, 0.05) is 5.02 Å². The van der Waals surface area contributed by atoms with E-state index in [9.17, 15) is 13.2 Å². The molecule has 0 saturated carbocycles. The number of nitrogens with zero attached hydrogens (tertiary/aromatic N) is 2. The van der Waals surface area contributed by atoms with Gasteiger partial charge in [0.15, 0.2) is 0 Å². The third kappa shape index (κ3) is 5.31. The van der Waals surface area contributed by atoms with Crippen LogP contribution in [-0.4, -0.2) is 10.2 Å². The van der Waals surface area contributed by atoms with Crippen molar-refractivity contribution >= 4 is 11.6 Å². The summed E-state index contributed by atoms with van der Waals surface area (Å²) < 4.78 is 35.2. The highest BCUT2D eigenvalue weighted by atomic mass is 35.5. The number of hydrogen-bond acceptors (Lipinski definition) is 2. The molecule has 0 unspecified atom stereocenters. The summed E-state index contributed by atoms with van der Waals surface area (Å²) in [5.74, 6) is 0. The van der Waals surface area contributed by atoms with Crippen molar-refractivity contribution in [3.8, 4) is 0 Å². The van der Waals surface area contributed by atoms with E-state index in [4.69, 9.17) is 11.6 Å². The Morgan fingerprint density at radius 3 is 1.88 bits per heavy atom. The van der Waals surface area contributed by atoms with Gasteiger partial charge in [0.25, 0.3) is 0 Å². The lowest BCUT2D eigenvalue weighted by atomic mass is 10.3. The lowest BCUT2D eigenvalue weighted by Gasteiger charge is -2.02. The highest BCUT2D eigenvalue weighted by molar-refractivity contribution is 6.30. The van der Waals surface area contributed by atoms with Crippen LogP contribution in [-0.2, 0) is 6.18 Å². The number of rotatable bonds is 0. The third-order valence-corrected chi connectivity index (χ3v) is 1.90. The van der Waals surface area contributed by atoms with E-state index in [2.05, 4.69) is 10.2 Å². The van der Waals surface area contributed by atoms with E-state index in [1.54, 1.807) is 0 Å². The van der Waals surface area contributed by atoms with Gasteiger partial charge in [0.1, 0.15) is 0 Å². The quantitative estimate of drug-likeness (QED) is 0.719. The Morgan fingerprint density at radius 2 is 1.59 bits per heavy atom. The van der Waals surface area contributed by atoms with Crippen LogP contribution in [0.5, 0.6) is 0 Å². The Bertz CT molecular complexity index is 431. The first kappa shape index (κ1) is 13.4. The predicted octanol–water partition coefficient (Wildman–Crippen LogP) is 3.84. The van der Waals surface area contributed by atoms with Gasteiger partial charge in [-0.2, -0.15) is 23.4 Å². The minimum Gasteiger partial charge on any atom is -0.166 e. The van der Waals surface area contributed by atoms with Crippen molar-refractivity contribution in [3.05, 3.63) is 59.4 Å². The van der Waals surface area contributed by atoms with Crippen LogP contribution in [0.1, 0.15) is 5.56 Å². The van der Waals surface area contributed by atoms with Crippen molar-refractivity contribution < 1.29 is 13.2 Å². The molecule has 0 spiro atoms. The SMILES string of the molecule is Clc1ccccc1.FC(F)(F)c1ccnnc1. The minimum atomic E-state index is -4.31.